The number of methoxy groups -OCH3 is 2. The minimum absolute atomic E-state index is 0.129. The summed E-state index contributed by atoms with van der Waals surface area (Å²) in [7, 11) is 3.03. The van der Waals surface area contributed by atoms with Crippen molar-refractivity contribution in [2.75, 3.05) is 20.8 Å². The van der Waals surface area contributed by atoms with Crippen LogP contribution in [0.15, 0.2) is 23.2 Å². The van der Waals surface area contributed by atoms with E-state index in [-0.39, 0.29) is 17.1 Å². The monoisotopic (exact) mass is 419 g/mol. The van der Waals surface area contributed by atoms with E-state index in [4.69, 9.17) is 9.47 Å². The molecule has 2 N–H and O–H groups in total. The Morgan fingerprint density at radius 2 is 1.79 bits per heavy atom. The number of nitrogens with zero attached hydrogens (tertiary/aromatic N) is 1. The highest BCUT2D eigenvalue weighted by Crippen LogP contribution is 2.29. The zero-order valence-electron chi connectivity index (χ0n) is 17.0. The highest BCUT2D eigenvalue weighted by atomic mass is 32.2. The molecule has 2 aliphatic rings. The number of carbonyl (C=O) groups excluding carboxylic acids is 2. The van der Waals surface area contributed by atoms with Crippen molar-refractivity contribution in [3.05, 3.63) is 23.8 Å². The van der Waals surface area contributed by atoms with Crippen LogP contribution in [-0.4, -0.2) is 49.0 Å². The first-order chi connectivity index (χ1) is 14.1. The average Bonchev–Trinajstić information content (AvgIpc) is 2.91. The lowest BCUT2D eigenvalue weighted by molar-refractivity contribution is -0.117. The van der Waals surface area contributed by atoms with E-state index in [0.717, 1.165) is 18.0 Å². The molecule has 0 spiro atoms. The van der Waals surface area contributed by atoms with Crippen molar-refractivity contribution in [1.29, 1.82) is 0 Å². The predicted molar refractivity (Wildman–Crippen MR) is 115 cm³/mol. The quantitative estimate of drug-likeness (QED) is 0.660. The number of rotatable bonds is 7. The first kappa shape index (κ1) is 21.5. The first-order valence-corrected chi connectivity index (χ1v) is 11.0. The molecule has 0 bridgehead atoms. The second-order valence-corrected chi connectivity index (χ2v) is 8.47. The summed E-state index contributed by atoms with van der Waals surface area (Å²) in [6.07, 6.45) is 7.82. The van der Waals surface area contributed by atoms with Gasteiger partial charge in [0.25, 0.3) is 11.8 Å². The molecule has 1 aromatic rings. The number of amides is 2. The molecular formula is C21H29N3O4S. The summed E-state index contributed by atoms with van der Waals surface area (Å²) in [5, 5.41) is 6.78. The lowest BCUT2D eigenvalue weighted by Crippen LogP contribution is -2.32. The first-order valence-electron chi connectivity index (χ1n) is 10.2. The van der Waals surface area contributed by atoms with Crippen LogP contribution in [-0.2, 0) is 4.79 Å². The van der Waals surface area contributed by atoms with E-state index in [9.17, 15) is 9.59 Å². The summed E-state index contributed by atoms with van der Waals surface area (Å²) in [4.78, 5) is 29.0. The molecule has 1 unspecified atom stereocenters. The van der Waals surface area contributed by atoms with Crippen molar-refractivity contribution >= 4 is 28.7 Å². The van der Waals surface area contributed by atoms with Crippen LogP contribution < -0.4 is 20.1 Å². The van der Waals surface area contributed by atoms with E-state index < -0.39 is 0 Å². The zero-order chi connectivity index (χ0) is 20.6. The maximum atomic E-state index is 12.6. The third kappa shape index (κ3) is 5.65. The van der Waals surface area contributed by atoms with Crippen molar-refractivity contribution in [2.45, 2.75) is 56.2 Å². The smallest absolute Gasteiger partial charge is 0.261 e. The van der Waals surface area contributed by atoms with E-state index in [0.29, 0.717) is 36.1 Å². The van der Waals surface area contributed by atoms with Crippen molar-refractivity contribution in [3.8, 4) is 11.5 Å². The number of hydrogen-bond donors (Lipinski definition) is 2. The molecule has 1 saturated carbocycles. The molecule has 29 heavy (non-hydrogen) atoms. The number of amidine groups is 1. The second-order valence-electron chi connectivity index (χ2n) is 7.28. The highest BCUT2D eigenvalue weighted by Gasteiger charge is 2.29. The van der Waals surface area contributed by atoms with Gasteiger partial charge in [0.2, 0.25) is 0 Å². The fourth-order valence-electron chi connectivity index (χ4n) is 3.71. The number of carbonyl (C=O) groups is 2. The third-order valence-electron chi connectivity index (χ3n) is 5.27. The molecule has 7 nitrogen and oxygen atoms in total. The van der Waals surface area contributed by atoms with Gasteiger partial charge in [0.05, 0.1) is 19.5 Å². The van der Waals surface area contributed by atoms with Gasteiger partial charge in [-0.2, -0.15) is 4.99 Å². The lowest BCUT2D eigenvalue weighted by atomic mass is 10.1. The Kier molecular flexibility index (Phi) is 7.80. The number of nitrogens with one attached hydrogen (secondary N) is 2. The summed E-state index contributed by atoms with van der Waals surface area (Å²) < 4.78 is 10.6. The SMILES string of the molecule is COc1cccc(OC)c1C(=O)NCCC1SC(NC2CCCCCC2)=NC1=O. The summed E-state index contributed by atoms with van der Waals surface area (Å²) in [5.41, 5.74) is 0.356. The molecule has 1 aromatic carbocycles. The van der Waals surface area contributed by atoms with E-state index in [2.05, 4.69) is 15.6 Å². The largest absolute Gasteiger partial charge is 0.496 e. The molecule has 1 atom stereocenters. The van der Waals surface area contributed by atoms with E-state index in [1.165, 1.54) is 51.7 Å². The fourth-order valence-corrected chi connectivity index (χ4v) is 4.75. The highest BCUT2D eigenvalue weighted by molar-refractivity contribution is 8.15. The number of benzene rings is 1. The van der Waals surface area contributed by atoms with Crippen LogP contribution in [0, 0.1) is 0 Å². The van der Waals surface area contributed by atoms with Crippen LogP contribution in [0.5, 0.6) is 11.5 Å². The number of thioether (sulfide) groups is 1. The van der Waals surface area contributed by atoms with Crippen LogP contribution in [0.2, 0.25) is 0 Å². The molecule has 1 fully saturated rings. The van der Waals surface area contributed by atoms with Gasteiger partial charge in [-0.1, -0.05) is 43.5 Å². The van der Waals surface area contributed by atoms with E-state index in [1.54, 1.807) is 18.2 Å². The predicted octanol–water partition coefficient (Wildman–Crippen LogP) is 3.13. The van der Waals surface area contributed by atoms with Gasteiger partial charge in [0, 0.05) is 12.6 Å². The number of aliphatic imine (C=N–C) groups is 1. The molecule has 8 heteroatoms. The van der Waals surface area contributed by atoms with Crippen LogP contribution in [0.25, 0.3) is 0 Å². The minimum Gasteiger partial charge on any atom is -0.496 e. The van der Waals surface area contributed by atoms with Crippen molar-refractivity contribution in [1.82, 2.24) is 10.6 Å². The summed E-state index contributed by atoms with van der Waals surface area (Å²) in [6, 6.07) is 5.61. The molecule has 0 radical (unpaired) electrons. The molecule has 2 amide bonds. The zero-order valence-corrected chi connectivity index (χ0v) is 17.8. The van der Waals surface area contributed by atoms with Gasteiger partial charge in [-0.25, -0.2) is 0 Å². The molecule has 0 saturated heterocycles. The Bertz CT molecular complexity index is 738. The van der Waals surface area contributed by atoms with Crippen molar-refractivity contribution in [3.63, 3.8) is 0 Å². The third-order valence-corrected chi connectivity index (χ3v) is 6.43. The Balaban J connectivity index is 1.49. The maximum Gasteiger partial charge on any atom is 0.261 e. The van der Waals surface area contributed by atoms with Crippen LogP contribution >= 0.6 is 11.8 Å². The second kappa shape index (κ2) is 10.5. The lowest BCUT2D eigenvalue weighted by Gasteiger charge is -2.17. The van der Waals surface area contributed by atoms with Crippen LogP contribution in [0.1, 0.15) is 55.3 Å². The fraction of sp³-hybridized carbons (Fsp3) is 0.571. The molecule has 1 heterocycles. The Morgan fingerprint density at radius 1 is 1.14 bits per heavy atom. The van der Waals surface area contributed by atoms with Crippen molar-refractivity contribution in [2.24, 2.45) is 4.99 Å². The van der Waals surface area contributed by atoms with Gasteiger partial charge in [-0.15, -0.1) is 0 Å². The van der Waals surface area contributed by atoms with Gasteiger partial charge in [-0.05, 0) is 31.4 Å². The van der Waals surface area contributed by atoms with Gasteiger partial charge in [0.1, 0.15) is 17.1 Å². The standard InChI is InChI=1S/C21H29N3O4S/c1-27-15-10-7-11-16(28-2)18(15)20(26)22-13-12-17-19(25)24-21(29-17)23-14-8-5-3-4-6-9-14/h7,10-11,14,17H,3-6,8-9,12-13H2,1-2H3,(H,22,26)(H,23,24,25). The van der Waals surface area contributed by atoms with Crippen LogP contribution in [0.4, 0.5) is 0 Å². The van der Waals surface area contributed by atoms with Gasteiger partial charge in [-0.3, -0.25) is 9.59 Å². The Hall–Kier alpha value is -2.22. The van der Waals surface area contributed by atoms with E-state index >= 15 is 0 Å². The molecule has 0 aromatic heterocycles. The van der Waals surface area contributed by atoms with Crippen LogP contribution in [0.3, 0.4) is 0 Å². The molecule has 1 aliphatic heterocycles. The average molecular weight is 420 g/mol. The summed E-state index contributed by atoms with van der Waals surface area (Å²) >= 11 is 1.47. The summed E-state index contributed by atoms with van der Waals surface area (Å²) in [5.74, 6) is 0.487. The molecule has 1 aliphatic carbocycles. The topological polar surface area (TPSA) is 89.0 Å². The summed E-state index contributed by atoms with van der Waals surface area (Å²) in [6.45, 7) is 0.371. The van der Waals surface area contributed by atoms with Gasteiger partial charge >= 0.3 is 0 Å². The Morgan fingerprint density at radius 3 is 2.41 bits per heavy atom. The van der Waals surface area contributed by atoms with E-state index in [1.807, 2.05) is 0 Å². The minimum atomic E-state index is -0.285. The number of ether oxygens (including phenoxy) is 2. The molecule has 158 valence electrons. The van der Waals surface area contributed by atoms with Gasteiger partial charge in [0.15, 0.2) is 5.17 Å². The van der Waals surface area contributed by atoms with Crippen molar-refractivity contribution < 1.29 is 19.1 Å². The maximum absolute atomic E-state index is 12.6. The molecule has 3 rings (SSSR count). The Labute approximate surface area is 176 Å². The van der Waals surface area contributed by atoms with Gasteiger partial charge < -0.3 is 20.1 Å². The number of hydrogen-bond acceptors (Lipinski definition) is 6. The normalized spacial score (nSPS) is 20.0. The molecular weight excluding hydrogens is 390 g/mol.